The molecule has 0 saturated heterocycles. The van der Waals surface area contributed by atoms with Crippen LogP contribution in [0.1, 0.15) is 19.8 Å². The van der Waals surface area contributed by atoms with Crippen LogP contribution < -0.4 is 5.32 Å². The summed E-state index contributed by atoms with van der Waals surface area (Å²) in [6.45, 7) is 2.29. The Bertz CT molecular complexity index is 489. The first kappa shape index (κ1) is 11.7. The molecule has 2 rings (SSSR count). The van der Waals surface area contributed by atoms with Gasteiger partial charge in [0.15, 0.2) is 5.65 Å². The number of rotatable bonds is 5. The maximum Gasteiger partial charge on any atom is 0.180 e. The van der Waals surface area contributed by atoms with E-state index in [0.29, 0.717) is 5.65 Å². The lowest BCUT2D eigenvalue weighted by atomic mass is 10.2. The van der Waals surface area contributed by atoms with Gasteiger partial charge in [-0.15, -0.1) is 0 Å². The van der Waals surface area contributed by atoms with Crippen LogP contribution in [0.25, 0.3) is 11.2 Å². The van der Waals surface area contributed by atoms with Gasteiger partial charge >= 0.3 is 0 Å². The molecule has 2 aromatic rings. The molecule has 17 heavy (non-hydrogen) atoms. The van der Waals surface area contributed by atoms with E-state index in [1.54, 1.807) is 12.4 Å². The van der Waals surface area contributed by atoms with Crippen molar-refractivity contribution in [2.24, 2.45) is 0 Å². The second-order valence-electron chi connectivity index (χ2n) is 4.01. The Kier molecular flexibility index (Phi) is 3.82. The minimum atomic E-state index is 0.225. The van der Waals surface area contributed by atoms with E-state index in [1.165, 1.54) is 0 Å². The molecule has 2 heterocycles. The number of pyridine rings is 1. The van der Waals surface area contributed by atoms with E-state index in [0.717, 1.165) is 24.2 Å². The van der Waals surface area contributed by atoms with Gasteiger partial charge in [-0.2, -0.15) is 0 Å². The summed E-state index contributed by atoms with van der Waals surface area (Å²) < 4.78 is 0. The zero-order chi connectivity index (χ0) is 12.1. The van der Waals surface area contributed by atoms with Crippen LogP contribution >= 0.6 is 0 Å². The number of anilines is 1. The van der Waals surface area contributed by atoms with Crippen molar-refractivity contribution < 1.29 is 5.11 Å². The molecule has 0 bridgehead atoms. The fourth-order valence-corrected chi connectivity index (χ4v) is 1.66. The van der Waals surface area contributed by atoms with Crippen LogP contribution in [0.3, 0.4) is 0 Å². The first-order chi connectivity index (χ1) is 8.29. The molecule has 0 aliphatic carbocycles. The van der Waals surface area contributed by atoms with E-state index >= 15 is 0 Å². The van der Waals surface area contributed by atoms with Crippen LogP contribution in [-0.2, 0) is 0 Å². The van der Waals surface area contributed by atoms with Crippen molar-refractivity contribution in [2.75, 3.05) is 11.9 Å². The topological polar surface area (TPSA) is 70.9 Å². The minimum absolute atomic E-state index is 0.225. The molecule has 0 amide bonds. The number of fused-ring (bicyclic) bond motifs is 1. The highest BCUT2D eigenvalue weighted by molar-refractivity contribution is 5.71. The Balaban J connectivity index is 2.08. The third-order valence-corrected chi connectivity index (χ3v) is 2.52. The molecule has 2 N–H and O–H groups in total. The van der Waals surface area contributed by atoms with Crippen LogP contribution in [0, 0.1) is 0 Å². The molecule has 1 unspecified atom stereocenters. The zero-order valence-electron chi connectivity index (χ0n) is 9.80. The molecular weight excluding hydrogens is 216 g/mol. The summed E-state index contributed by atoms with van der Waals surface area (Å²) >= 11 is 0. The molecule has 0 saturated carbocycles. The molecule has 1 atom stereocenters. The third-order valence-electron chi connectivity index (χ3n) is 2.52. The standard InChI is InChI=1S/C12H16N4O/c1-9(3-2-8-17)15-11-5-4-10-12(16-11)14-7-6-13-10/h4-7,9,17H,2-3,8H2,1H3,(H,14,15,16). The Hall–Kier alpha value is -1.75. The molecule has 90 valence electrons. The fourth-order valence-electron chi connectivity index (χ4n) is 1.66. The normalized spacial score (nSPS) is 12.6. The fraction of sp³-hybridized carbons (Fsp3) is 0.417. The van der Waals surface area contributed by atoms with Gasteiger partial charge in [-0.3, -0.25) is 4.98 Å². The smallest absolute Gasteiger partial charge is 0.180 e. The average molecular weight is 232 g/mol. The van der Waals surface area contributed by atoms with Crippen molar-refractivity contribution in [1.29, 1.82) is 0 Å². The molecule has 2 aromatic heterocycles. The second-order valence-corrected chi connectivity index (χ2v) is 4.01. The van der Waals surface area contributed by atoms with Crippen molar-refractivity contribution >= 4 is 17.0 Å². The van der Waals surface area contributed by atoms with Crippen molar-refractivity contribution in [3.05, 3.63) is 24.5 Å². The highest BCUT2D eigenvalue weighted by atomic mass is 16.2. The summed E-state index contributed by atoms with van der Waals surface area (Å²) in [6, 6.07) is 4.08. The van der Waals surface area contributed by atoms with Gasteiger partial charge in [0.25, 0.3) is 0 Å². The molecule has 0 aliphatic heterocycles. The highest BCUT2D eigenvalue weighted by Gasteiger charge is 2.04. The number of aliphatic hydroxyl groups is 1. The van der Waals surface area contributed by atoms with E-state index in [-0.39, 0.29) is 12.6 Å². The van der Waals surface area contributed by atoms with Crippen molar-refractivity contribution in [3.8, 4) is 0 Å². The average Bonchev–Trinajstić information content (AvgIpc) is 2.36. The SMILES string of the molecule is CC(CCCO)Nc1ccc2nccnc2n1. The third kappa shape index (κ3) is 3.10. The molecule has 0 spiro atoms. The quantitative estimate of drug-likeness (QED) is 0.819. The van der Waals surface area contributed by atoms with Gasteiger partial charge in [0.05, 0.1) is 0 Å². The van der Waals surface area contributed by atoms with Crippen LogP contribution in [-0.4, -0.2) is 32.7 Å². The van der Waals surface area contributed by atoms with Crippen LogP contribution in [0.4, 0.5) is 5.82 Å². The first-order valence-corrected chi connectivity index (χ1v) is 5.75. The number of hydrogen-bond acceptors (Lipinski definition) is 5. The van der Waals surface area contributed by atoms with E-state index < -0.39 is 0 Å². The molecule has 0 fully saturated rings. The molecule has 0 aromatic carbocycles. The lowest BCUT2D eigenvalue weighted by molar-refractivity contribution is 0.282. The summed E-state index contributed by atoms with van der Waals surface area (Å²) in [5, 5.41) is 12.0. The summed E-state index contributed by atoms with van der Waals surface area (Å²) in [5.74, 6) is 0.795. The largest absolute Gasteiger partial charge is 0.396 e. The summed E-state index contributed by atoms with van der Waals surface area (Å²) in [5.41, 5.74) is 1.44. The summed E-state index contributed by atoms with van der Waals surface area (Å²) in [6.07, 6.45) is 4.99. The number of aromatic nitrogens is 3. The monoisotopic (exact) mass is 232 g/mol. The molecule has 5 nitrogen and oxygen atoms in total. The number of aliphatic hydroxyl groups excluding tert-OH is 1. The maximum absolute atomic E-state index is 8.76. The van der Waals surface area contributed by atoms with Crippen LogP contribution in [0.5, 0.6) is 0 Å². The first-order valence-electron chi connectivity index (χ1n) is 5.75. The lowest BCUT2D eigenvalue weighted by Crippen LogP contribution is -2.16. The van der Waals surface area contributed by atoms with Gasteiger partial charge in [0, 0.05) is 25.0 Å². The molecule has 0 aliphatic rings. The number of hydrogen-bond donors (Lipinski definition) is 2. The van der Waals surface area contributed by atoms with Crippen molar-refractivity contribution in [2.45, 2.75) is 25.8 Å². The summed E-state index contributed by atoms with van der Waals surface area (Å²) in [7, 11) is 0. The Morgan fingerprint density at radius 3 is 2.94 bits per heavy atom. The molecule has 5 heteroatoms. The minimum Gasteiger partial charge on any atom is -0.396 e. The molecular formula is C12H16N4O. The van der Waals surface area contributed by atoms with Gasteiger partial charge < -0.3 is 10.4 Å². The van der Waals surface area contributed by atoms with Gasteiger partial charge in [-0.05, 0) is 31.9 Å². The van der Waals surface area contributed by atoms with Gasteiger partial charge in [0.1, 0.15) is 11.3 Å². The van der Waals surface area contributed by atoms with Crippen LogP contribution in [0.2, 0.25) is 0 Å². The zero-order valence-corrected chi connectivity index (χ0v) is 9.80. The predicted molar refractivity (Wildman–Crippen MR) is 66.7 cm³/mol. The second kappa shape index (κ2) is 5.54. The van der Waals surface area contributed by atoms with E-state index in [2.05, 4.69) is 27.2 Å². The van der Waals surface area contributed by atoms with Gasteiger partial charge in [0.2, 0.25) is 0 Å². The van der Waals surface area contributed by atoms with E-state index in [9.17, 15) is 0 Å². The van der Waals surface area contributed by atoms with Crippen LogP contribution in [0.15, 0.2) is 24.5 Å². The Labute approximate surface area is 99.9 Å². The summed E-state index contributed by atoms with van der Waals surface area (Å²) in [4.78, 5) is 12.7. The van der Waals surface area contributed by atoms with Crippen molar-refractivity contribution in [3.63, 3.8) is 0 Å². The van der Waals surface area contributed by atoms with E-state index in [1.807, 2.05) is 12.1 Å². The van der Waals surface area contributed by atoms with Gasteiger partial charge in [-0.25, -0.2) is 9.97 Å². The Morgan fingerprint density at radius 2 is 2.12 bits per heavy atom. The van der Waals surface area contributed by atoms with Gasteiger partial charge in [-0.1, -0.05) is 0 Å². The number of nitrogens with zero attached hydrogens (tertiary/aromatic N) is 3. The van der Waals surface area contributed by atoms with E-state index in [4.69, 9.17) is 5.11 Å². The lowest BCUT2D eigenvalue weighted by Gasteiger charge is -2.13. The molecule has 0 radical (unpaired) electrons. The number of nitrogens with one attached hydrogen (secondary N) is 1. The maximum atomic E-state index is 8.76. The Morgan fingerprint density at radius 1 is 1.29 bits per heavy atom. The van der Waals surface area contributed by atoms with Crippen molar-refractivity contribution in [1.82, 2.24) is 15.0 Å². The highest BCUT2D eigenvalue weighted by Crippen LogP contribution is 2.12. The predicted octanol–water partition coefficient (Wildman–Crippen LogP) is 1.60.